The minimum atomic E-state index is -3.35. The van der Waals surface area contributed by atoms with Crippen molar-refractivity contribution in [2.24, 2.45) is 0 Å². The van der Waals surface area contributed by atoms with Crippen LogP contribution in [-0.2, 0) is 16.6 Å². The summed E-state index contributed by atoms with van der Waals surface area (Å²) in [7, 11) is -0.377. The summed E-state index contributed by atoms with van der Waals surface area (Å²) >= 11 is 0. The van der Waals surface area contributed by atoms with Gasteiger partial charge in [0.05, 0.1) is 32.7 Å². The molecule has 1 aromatic carbocycles. The topological polar surface area (TPSA) is 139 Å². The summed E-state index contributed by atoms with van der Waals surface area (Å²) < 4.78 is 41.5. The summed E-state index contributed by atoms with van der Waals surface area (Å²) in [5.74, 6) is 1.57. The molecule has 3 rings (SSSR count). The van der Waals surface area contributed by atoms with Crippen LogP contribution in [0.25, 0.3) is 11.4 Å². The van der Waals surface area contributed by atoms with Crippen molar-refractivity contribution in [3.63, 3.8) is 0 Å². The number of methoxy groups -OCH3 is 2. The van der Waals surface area contributed by atoms with Gasteiger partial charge in [-0.25, -0.2) is 18.1 Å². The average molecular weight is 431 g/mol. The monoisotopic (exact) mass is 431 g/mol. The second kappa shape index (κ2) is 8.93. The van der Waals surface area contributed by atoms with Gasteiger partial charge < -0.3 is 19.9 Å². The first-order valence-electron chi connectivity index (χ1n) is 8.73. The van der Waals surface area contributed by atoms with Crippen molar-refractivity contribution in [1.82, 2.24) is 19.7 Å². The smallest absolute Gasteiger partial charge is 0.263 e. The highest BCUT2D eigenvalue weighted by Gasteiger charge is 2.18. The number of nitrogen functional groups attached to an aromatic ring is 1. The first kappa shape index (κ1) is 21.3. The zero-order valence-corrected chi connectivity index (χ0v) is 17.4. The number of rotatable bonds is 8. The van der Waals surface area contributed by atoms with Gasteiger partial charge in [0.2, 0.25) is 15.8 Å². The minimum Gasteiger partial charge on any atom is -0.493 e. The van der Waals surface area contributed by atoms with E-state index in [9.17, 15) is 8.42 Å². The molecule has 11 heteroatoms. The number of hydrogen-bond acceptors (Lipinski definition) is 9. The van der Waals surface area contributed by atoms with Crippen molar-refractivity contribution in [3.05, 3.63) is 48.3 Å². The van der Waals surface area contributed by atoms with E-state index in [0.29, 0.717) is 22.8 Å². The van der Waals surface area contributed by atoms with E-state index in [4.69, 9.17) is 19.9 Å². The molecule has 3 N–H and O–H groups in total. The van der Waals surface area contributed by atoms with E-state index >= 15 is 0 Å². The van der Waals surface area contributed by atoms with Crippen LogP contribution in [0.2, 0.25) is 0 Å². The summed E-state index contributed by atoms with van der Waals surface area (Å²) in [6.45, 7) is 0.0360. The van der Waals surface area contributed by atoms with E-state index in [2.05, 4.69) is 19.7 Å². The van der Waals surface area contributed by atoms with E-state index in [1.54, 1.807) is 30.3 Å². The van der Waals surface area contributed by atoms with Gasteiger partial charge in [-0.3, -0.25) is 4.98 Å². The summed E-state index contributed by atoms with van der Waals surface area (Å²) in [6.07, 6.45) is 2.60. The highest BCUT2D eigenvalue weighted by molar-refractivity contribution is 7.88. The highest BCUT2D eigenvalue weighted by Crippen LogP contribution is 2.39. The van der Waals surface area contributed by atoms with E-state index in [1.807, 2.05) is 6.07 Å². The number of pyridine rings is 1. The van der Waals surface area contributed by atoms with Crippen LogP contribution >= 0.6 is 0 Å². The molecule has 0 fully saturated rings. The average Bonchev–Trinajstić information content (AvgIpc) is 2.73. The predicted octanol–water partition coefficient (Wildman–Crippen LogP) is 1.98. The molecule has 0 radical (unpaired) electrons. The first-order chi connectivity index (χ1) is 14.3. The standard InChI is InChI=1S/C19H21N5O5S/c1-27-14-6-4-5-7-15(14)29-16-17(20)23-18(24-19(16)28-2)12-8-9-21-13(10-12)11-22-30(3,25)26/h4-10,22H,11H2,1-3H3,(H2,20,23,24). The number of sulfonamides is 1. The zero-order valence-electron chi connectivity index (χ0n) is 16.6. The largest absolute Gasteiger partial charge is 0.493 e. The summed E-state index contributed by atoms with van der Waals surface area (Å²) in [5, 5.41) is 0. The predicted molar refractivity (Wildman–Crippen MR) is 111 cm³/mol. The molecule has 0 aliphatic carbocycles. The number of nitrogens with zero attached hydrogens (tertiary/aromatic N) is 3. The lowest BCUT2D eigenvalue weighted by Crippen LogP contribution is -2.21. The van der Waals surface area contributed by atoms with Crippen LogP contribution in [0.15, 0.2) is 42.6 Å². The Morgan fingerprint density at radius 1 is 1.07 bits per heavy atom. The lowest BCUT2D eigenvalue weighted by molar-refractivity contribution is 0.348. The van der Waals surface area contributed by atoms with Crippen molar-refractivity contribution in [2.45, 2.75) is 6.54 Å². The molecule has 0 aliphatic heterocycles. The van der Waals surface area contributed by atoms with Gasteiger partial charge in [-0.05, 0) is 24.3 Å². The lowest BCUT2D eigenvalue weighted by atomic mass is 10.2. The van der Waals surface area contributed by atoms with Crippen molar-refractivity contribution in [3.8, 4) is 34.5 Å². The molecular weight excluding hydrogens is 410 g/mol. The molecule has 0 spiro atoms. The Balaban J connectivity index is 1.94. The number of aromatic nitrogens is 3. The Kier molecular flexibility index (Phi) is 6.33. The van der Waals surface area contributed by atoms with Gasteiger partial charge in [0.1, 0.15) is 0 Å². The number of benzene rings is 1. The molecule has 0 amide bonds. The van der Waals surface area contributed by atoms with E-state index in [0.717, 1.165) is 6.26 Å². The SMILES string of the molecule is COc1ccccc1Oc1c(N)nc(-c2ccnc(CNS(C)(=O)=O)c2)nc1OC. The number of anilines is 1. The molecule has 2 aromatic heterocycles. The van der Waals surface area contributed by atoms with Crippen LogP contribution in [0, 0.1) is 0 Å². The number of hydrogen-bond donors (Lipinski definition) is 2. The van der Waals surface area contributed by atoms with E-state index in [1.165, 1.54) is 20.4 Å². The van der Waals surface area contributed by atoms with Crippen molar-refractivity contribution in [1.29, 1.82) is 0 Å². The molecule has 0 atom stereocenters. The molecule has 0 saturated carbocycles. The molecule has 0 saturated heterocycles. The molecule has 30 heavy (non-hydrogen) atoms. The maximum absolute atomic E-state index is 11.3. The van der Waals surface area contributed by atoms with Crippen LogP contribution in [-0.4, -0.2) is 43.8 Å². The third kappa shape index (κ3) is 5.13. The van der Waals surface area contributed by atoms with Gasteiger partial charge in [0.25, 0.3) is 5.88 Å². The van der Waals surface area contributed by atoms with Gasteiger partial charge >= 0.3 is 0 Å². The fraction of sp³-hybridized carbons (Fsp3) is 0.211. The van der Waals surface area contributed by atoms with Crippen LogP contribution in [0.4, 0.5) is 5.82 Å². The first-order valence-corrected chi connectivity index (χ1v) is 10.6. The van der Waals surface area contributed by atoms with E-state index in [-0.39, 0.29) is 29.8 Å². The van der Waals surface area contributed by atoms with Crippen LogP contribution in [0.5, 0.6) is 23.1 Å². The van der Waals surface area contributed by atoms with Crippen molar-refractivity contribution >= 4 is 15.8 Å². The Morgan fingerprint density at radius 3 is 2.47 bits per heavy atom. The molecule has 0 bridgehead atoms. The van der Waals surface area contributed by atoms with Gasteiger partial charge in [0, 0.05) is 11.8 Å². The summed E-state index contributed by atoms with van der Waals surface area (Å²) in [4.78, 5) is 12.8. The number of nitrogens with two attached hydrogens (primary N) is 1. The van der Waals surface area contributed by atoms with Crippen LogP contribution < -0.4 is 24.7 Å². The summed E-state index contributed by atoms with van der Waals surface area (Å²) in [6, 6.07) is 10.4. The Labute approximate surface area is 174 Å². The van der Waals surface area contributed by atoms with Gasteiger partial charge in [-0.15, -0.1) is 0 Å². The van der Waals surface area contributed by atoms with Crippen LogP contribution in [0.1, 0.15) is 5.69 Å². The third-order valence-electron chi connectivity index (χ3n) is 3.93. The zero-order chi connectivity index (χ0) is 21.7. The molecule has 158 valence electrons. The number of nitrogens with one attached hydrogen (secondary N) is 1. The molecule has 0 aliphatic rings. The molecular formula is C19H21N5O5S. The van der Waals surface area contributed by atoms with Gasteiger partial charge in [0.15, 0.2) is 23.1 Å². The van der Waals surface area contributed by atoms with Crippen molar-refractivity contribution < 1.29 is 22.6 Å². The quantitative estimate of drug-likeness (QED) is 0.548. The van der Waals surface area contributed by atoms with Gasteiger partial charge in [-0.1, -0.05) is 12.1 Å². The highest BCUT2D eigenvalue weighted by atomic mass is 32.2. The second-order valence-electron chi connectivity index (χ2n) is 6.15. The van der Waals surface area contributed by atoms with Crippen molar-refractivity contribution in [2.75, 3.05) is 26.2 Å². The minimum absolute atomic E-state index is 0.0360. The Morgan fingerprint density at radius 2 is 1.80 bits per heavy atom. The lowest BCUT2D eigenvalue weighted by Gasteiger charge is -2.14. The molecule has 10 nitrogen and oxygen atoms in total. The number of ether oxygens (including phenoxy) is 3. The fourth-order valence-electron chi connectivity index (χ4n) is 2.54. The van der Waals surface area contributed by atoms with E-state index < -0.39 is 10.0 Å². The molecule has 2 heterocycles. The maximum Gasteiger partial charge on any atom is 0.263 e. The maximum atomic E-state index is 11.3. The van der Waals surface area contributed by atoms with Gasteiger partial charge in [-0.2, -0.15) is 4.98 Å². The fourth-order valence-corrected chi connectivity index (χ4v) is 2.95. The normalized spacial score (nSPS) is 11.2. The number of para-hydroxylation sites is 2. The van der Waals surface area contributed by atoms with Crippen LogP contribution in [0.3, 0.4) is 0 Å². The Hall–Kier alpha value is -3.44. The second-order valence-corrected chi connectivity index (χ2v) is 7.99. The Bertz CT molecular complexity index is 1150. The molecule has 0 unspecified atom stereocenters. The molecule has 3 aromatic rings. The summed E-state index contributed by atoms with van der Waals surface area (Å²) in [5.41, 5.74) is 7.21. The third-order valence-corrected chi connectivity index (χ3v) is 4.59.